The van der Waals surface area contributed by atoms with Crippen molar-refractivity contribution in [1.82, 2.24) is 9.47 Å². The van der Waals surface area contributed by atoms with Gasteiger partial charge in [-0.05, 0) is 60.9 Å². The minimum Gasteiger partial charge on any atom is -0.484 e. The van der Waals surface area contributed by atoms with E-state index < -0.39 is 10.0 Å². The topological polar surface area (TPSA) is 97.7 Å². The summed E-state index contributed by atoms with van der Waals surface area (Å²) >= 11 is 5.85. The highest BCUT2D eigenvalue weighted by molar-refractivity contribution is 7.92. The molecule has 0 unspecified atom stereocenters. The fraction of sp³-hybridized carbons (Fsp3) is 0.280. The van der Waals surface area contributed by atoms with Crippen LogP contribution in [-0.2, 0) is 21.4 Å². The lowest BCUT2D eigenvalue weighted by Gasteiger charge is -2.42. The van der Waals surface area contributed by atoms with Crippen molar-refractivity contribution in [2.24, 2.45) is 5.92 Å². The van der Waals surface area contributed by atoms with Gasteiger partial charge in [-0.15, -0.1) is 0 Å². The molecule has 0 spiro atoms. The van der Waals surface area contributed by atoms with Crippen molar-refractivity contribution in [3.05, 3.63) is 87.8 Å². The molecule has 5 rings (SSSR count). The van der Waals surface area contributed by atoms with Crippen LogP contribution in [-0.4, -0.2) is 43.5 Å². The number of pyridine rings is 1. The number of piperidine rings is 1. The Bertz CT molecular complexity index is 1410. The Balaban J connectivity index is 1.32. The van der Waals surface area contributed by atoms with Crippen molar-refractivity contribution in [2.75, 3.05) is 24.4 Å². The second-order valence-electron chi connectivity index (χ2n) is 8.85. The predicted molar refractivity (Wildman–Crippen MR) is 132 cm³/mol. The number of hydrogen-bond donors (Lipinski definition) is 1. The number of benzene rings is 2. The van der Waals surface area contributed by atoms with E-state index in [1.807, 2.05) is 18.2 Å². The molecule has 2 atom stereocenters. The number of amides is 1. The van der Waals surface area contributed by atoms with Gasteiger partial charge in [0.25, 0.3) is 21.5 Å². The molecule has 3 heterocycles. The molecule has 0 radical (unpaired) electrons. The van der Waals surface area contributed by atoms with Gasteiger partial charge >= 0.3 is 0 Å². The summed E-state index contributed by atoms with van der Waals surface area (Å²) in [5.74, 6) is 0.649. The van der Waals surface area contributed by atoms with Gasteiger partial charge in [0.05, 0.1) is 4.90 Å². The lowest BCUT2D eigenvalue weighted by molar-refractivity contribution is -0.136. The number of nitrogens with zero attached hydrogens (tertiary/aromatic N) is 2. The van der Waals surface area contributed by atoms with Gasteiger partial charge in [0.15, 0.2) is 6.61 Å². The van der Waals surface area contributed by atoms with Crippen molar-refractivity contribution >= 4 is 33.2 Å². The predicted octanol–water partition coefficient (Wildman–Crippen LogP) is 3.33. The van der Waals surface area contributed by atoms with Crippen molar-refractivity contribution in [3.63, 3.8) is 0 Å². The number of anilines is 1. The van der Waals surface area contributed by atoms with Crippen molar-refractivity contribution in [1.29, 1.82) is 0 Å². The summed E-state index contributed by atoms with van der Waals surface area (Å²) in [6.07, 6.45) is 0.874. The third-order valence-corrected chi connectivity index (χ3v) is 8.06. The first kappa shape index (κ1) is 23.4. The number of halogens is 1. The highest BCUT2D eigenvalue weighted by Crippen LogP contribution is 2.35. The summed E-state index contributed by atoms with van der Waals surface area (Å²) in [6, 6.07) is 18.2. The third kappa shape index (κ3) is 4.92. The van der Waals surface area contributed by atoms with Crippen LogP contribution in [0, 0.1) is 5.92 Å². The summed E-state index contributed by atoms with van der Waals surface area (Å²) in [5, 5.41) is 0.420. The molecule has 35 heavy (non-hydrogen) atoms. The van der Waals surface area contributed by atoms with Crippen molar-refractivity contribution < 1.29 is 17.9 Å². The average Bonchev–Trinajstić information content (AvgIpc) is 2.85. The molecule has 2 bridgehead atoms. The lowest BCUT2D eigenvalue weighted by atomic mass is 9.83. The largest absolute Gasteiger partial charge is 0.484 e. The molecule has 1 amide bonds. The molecule has 2 aromatic carbocycles. The van der Waals surface area contributed by atoms with Crippen LogP contribution < -0.4 is 15.0 Å². The number of carbonyl (C=O) groups excluding carboxylic acids is 1. The first-order valence-electron chi connectivity index (χ1n) is 11.3. The Morgan fingerprint density at radius 1 is 1.00 bits per heavy atom. The van der Waals surface area contributed by atoms with E-state index in [0.29, 0.717) is 30.4 Å². The fourth-order valence-electron chi connectivity index (χ4n) is 4.80. The highest BCUT2D eigenvalue weighted by atomic mass is 35.5. The zero-order chi connectivity index (χ0) is 24.6. The first-order chi connectivity index (χ1) is 16.8. The highest BCUT2D eigenvalue weighted by Gasteiger charge is 2.37. The Morgan fingerprint density at radius 2 is 1.74 bits per heavy atom. The Morgan fingerprint density at radius 3 is 2.49 bits per heavy atom. The standard InChI is InChI=1S/C25H24ClN3O5S/c26-19-6-8-21(9-7-19)35(32,33)27-22-10-11-23-18-12-17(14-29(23)25(22)31)13-28(15-18)24(30)16-34-20-4-2-1-3-5-20/h1-11,17-18,27H,12-16H2/t17-,18-/m1/s1. The van der Waals surface area contributed by atoms with Gasteiger partial charge in [0.2, 0.25) is 0 Å². The number of fused-ring (bicyclic) bond motifs is 4. The molecule has 1 aromatic heterocycles. The molecule has 1 fully saturated rings. The molecule has 1 N–H and O–H groups in total. The monoisotopic (exact) mass is 513 g/mol. The number of aromatic nitrogens is 1. The Labute approximate surface area is 208 Å². The van der Waals surface area contributed by atoms with E-state index in [1.165, 1.54) is 30.3 Å². The van der Waals surface area contributed by atoms with Gasteiger partial charge < -0.3 is 14.2 Å². The van der Waals surface area contributed by atoms with Crippen LogP contribution in [0.5, 0.6) is 5.75 Å². The van der Waals surface area contributed by atoms with Gasteiger partial charge in [-0.25, -0.2) is 8.42 Å². The van der Waals surface area contributed by atoms with Gasteiger partial charge in [0, 0.05) is 36.3 Å². The van der Waals surface area contributed by atoms with Crippen molar-refractivity contribution in [3.8, 4) is 5.75 Å². The molecular weight excluding hydrogens is 490 g/mol. The smallest absolute Gasteiger partial charge is 0.275 e. The number of rotatable bonds is 6. The summed E-state index contributed by atoms with van der Waals surface area (Å²) in [6.45, 7) is 1.40. The van der Waals surface area contributed by atoms with Crippen LogP contribution in [0.3, 0.4) is 0 Å². The third-order valence-electron chi connectivity index (χ3n) is 6.43. The number of para-hydroxylation sites is 1. The normalized spacial score (nSPS) is 19.1. The first-order valence-corrected chi connectivity index (χ1v) is 13.1. The van der Waals surface area contributed by atoms with Gasteiger partial charge in [-0.2, -0.15) is 0 Å². The minimum absolute atomic E-state index is 0.00204. The molecule has 2 aliphatic heterocycles. The van der Waals surface area contributed by atoms with Gasteiger partial charge in [-0.1, -0.05) is 29.8 Å². The minimum atomic E-state index is -3.94. The van der Waals surface area contributed by atoms with Crippen LogP contribution in [0.15, 0.2) is 76.4 Å². The molecule has 0 aliphatic carbocycles. The fourth-order valence-corrected chi connectivity index (χ4v) is 5.98. The van der Waals surface area contributed by atoms with Crippen LogP contribution in [0.25, 0.3) is 0 Å². The second-order valence-corrected chi connectivity index (χ2v) is 11.0. The molecule has 182 valence electrons. The van der Waals surface area contributed by atoms with Gasteiger partial charge in [-0.3, -0.25) is 14.3 Å². The summed E-state index contributed by atoms with van der Waals surface area (Å²) in [4.78, 5) is 27.8. The second kappa shape index (κ2) is 9.39. The van der Waals surface area contributed by atoms with Crippen LogP contribution in [0.2, 0.25) is 5.02 Å². The molecule has 8 nitrogen and oxygen atoms in total. The van der Waals surface area contributed by atoms with Crippen LogP contribution in [0.1, 0.15) is 18.0 Å². The molecule has 0 saturated carbocycles. The Kier molecular flexibility index (Phi) is 6.29. The Hall–Kier alpha value is -3.30. The molecule has 3 aromatic rings. The van der Waals surface area contributed by atoms with E-state index in [1.54, 1.807) is 27.7 Å². The quantitative estimate of drug-likeness (QED) is 0.545. The summed E-state index contributed by atoms with van der Waals surface area (Å²) in [7, 11) is -3.94. The van der Waals surface area contributed by atoms with E-state index in [0.717, 1.165) is 12.1 Å². The molecule has 10 heteroatoms. The lowest BCUT2D eigenvalue weighted by Crippen LogP contribution is -2.50. The van der Waals surface area contributed by atoms with Crippen molar-refractivity contribution in [2.45, 2.75) is 23.8 Å². The van der Waals surface area contributed by atoms with E-state index >= 15 is 0 Å². The maximum absolute atomic E-state index is 13.2. The summed E-state index contributed by atoms with van der Waals surface area (Å²) in [5.41, 5.74) is 0.414. The maximum Gasteiger partial charge on any atom is 0.275 e. The number of likely N-dealkylation sites (tertiary alicyclic amines) is 1. The zero-order valence-corrected chi connectivity index (χ0v) is 20.3. The number of sulfonamides is 1. The zero-order valence-electron chi connectivity index (χ0n) is 18.8. The van der Waals surface area contributed by atoms with Gasteiger partial charge in [0.1, 0.15) is 11.4 Å². The molecular formula is C25H24ClN3O5S. The van der Waals surface area contributed by atoms with Crippen LogP contribution in [0.4, 0.5) is 5.69 Å². The van der Waals surface area contributed by atoms with E-state index in [2.05, 4.69) is 4.72 Å². The average molecular weight is 514 g/mol. The number of ether oxygens (including phenoxy) is 1. The van der Waals surface area contributed by atoms with Crippen LogP contribution >= 0.6 is 11.6 Å². The van der Waals surface area contributed by atoms with E-state index in [9.17, 15) is 18.0 Å². The van der Waals surface area contributed by atoms with E-state index in [4.69, 9.17) is 16.3 Å². The maximum atomic E-state index is 13.2. The number of nitrogens with one attached hydrogen (secondary N) is 1. The number of hydrogen-bond acceptors (Lipinski definition) is 5. The summed E-state index contributed by atoms with van der Waals surface area (Å²) < 4.78 is 35.2. The van der Waals surface area contributed by atoms with E-state index in [-0.39, 0.29) is 40.5 Å². The number of carbonyl (C=O) groups is 1. The molecule has 2 aliphatic rings. The SMILES string of the molecule is O=C(COc1ccccc1)N1C[C@H]2C[C@H](C1)c1ccc(NS(=O)(=O)c3ccc(Cl)cc3)c(=O)n1C2. The molecule has 1 saturated heterocycles.